The van der Waals surface area contributed by atoms with Crippen LogP contribution in [0.25, 0.3) is 0 Å². The van der Waals surface area contributed by atoms with Crippen molar-refractivity contribution in [2.24, 2.45) is 5.14 Å². The highest BCUT2D eigenvalue weighted by Gasteiger charge is 2.07. The van der Waals surface area contributed by atoms with Gasteiger partial charge in [0.15, 0.2) is 0 Å². The Balaban J connectivity index is 2.14. The van der Waals surface area contributed by atoms with Gasteiger partial charge in [0.2, 0.25) is 0 Å². The Kier molecular flexibility index (Phi) is 4.72. The van der Waals surface area contributed by atoms with Gasteiger partial charge in [-0.1, -0.05) is 29.8 Å². The van der Waals surface area contributed by atoms with E-state index >= 15 is 0 Å². The van der Waals surface area contributed by atoms with E-state index in [2.05, 4.69) is 10.0 Å². The van der Waals surface area contributed by atoms with Gasteiger partial charge in [0, 0.05) is 16.8 Å². The first kappa shape index (κ1) is 15.6. The third-order valence-electron chi connectivity index (χ3n) is 2.85. The van der Waals surface area contributed by atoms with E-state index in [1.165, 1.54) is 0 Å². The van der Waals surface area contributed by atoms with E-state index in [4.69, 9.17) is 16.7 Å². The molecule has 112 valence electrons. The van der Waals surface area contributed by atoms with Crippen molar-refractivity contribution in [3.8, 4) is 0 Å². The van der Waals surface area contributed by atoms with E-state index in [-0.39, 0.29) is 6.04 Å². The third-order valence-corrected chi connectivity index (χ3v) is 3.61. The summed E-state index contributed by atoms with van der Waals surface area (Å²) in [6, 6.07) is 14.4. The molecule has 2 aromatic carbocycles. The van der Waals surface area contributed by atoms with Gasteiger partial charge in [-0.2, -0.15) is 8.42 Å². The van der Waals surface area contributed by atoms with Crippen LogP contribution in [0.3, 0.4) is 0 Å². The molecule has 2 rings (SSSR count). The van der Waals surface area contributed by atoms with E-state index in [9.17, 15) is 8.42 Å². The molecule has 0 saturated heterocycles. The molecule has 0 fully saturated rings. The van der Waals surface area contributed by atoms with E-state index in [0.29, 0.717) is 10.7 Å². The lowest BCUT2D eigenvalue weighted by Gasteiger charge is -2.16. The van der Waals surface area contributed by atoms with Crippen molar-refractivity contribution < 1.29 is 8.42 Å². The van der Waals surface area contributed by atoms with Gasteiger partial charge in [-0.25, -0.2) is 5.14 Å². The van der Waals surface area contributed by atoms with Crippen molar-refractivity contribution in [1.29, 1.82) is 0 Å². The number of benzene rings is 2. The lowest BCUT2D eigenvalue weighted by molar-refractivity contribution is 0.603. The Bertz CT molecular complexity index is 735. The Morgan fingerprint density at radius 3 is 2.43 bits per heavy atom. The first-order valence-electron chi connectivity index (χ1n) is 6.26. The van der Waals surface area contributed by atoms with Crippen molar-refractivity contribution >= 4 is 33.2 Å². The fourth-order valence-electron chi connectivity index (χ4n) is 1.95. The Morgan fingerprint density at radius 2 is 1.76 bits per heavy atom. The summed E-state index contributed by atoms with van der Waals surface area (Å²) in [5.41, 5.74) is 2.21. The molecule has 1 atom stereocenters. The van der Waals surface area contributed by atoms with Gasteiger partial charge < -0.3 is 5.32 Å². The van der Waals surface area contributed by atoms with Crippen LogP contribution in [-0.4, -0.2) is 8.42 Å². The van der Waals surface area contributed by atoms with Gasteiger partial charge in [-0.05, 0) is 42.8 Å². The van der Waals surface area contributed by atoms with Gasteiger partial charge in [-0.3, -0.25) is 4.72 Å². The normalized spacial score (nSPS) is 12.7. The van der Waals surface area contributed by atoms with Gasteiger partial charge in [0.25, 0.3) is 10.2 Å². The Morgan fingerprint density at radius 1 is 1.10 bits per heavy atom. The second-order valence-corrected chi connectivity index (χ2v) is 6.38. The quantitative estimate of drug-likeness (QED) is 0.789. The number of rotatable bonds is 5. The van der Waals surface area contributed by atoms with E-state index in [1.807, 2.05) is 37.3 Å². The van der Waals surface area contributed by atoms with Crippen LogP contribution in [0, 0.1) is 0 Å². The smallest absolute Gasteiger partial charge is 0.296 e. The van der Waals surface area contributed by atoms with Crippen LogP contribution in [0.5, 0.6) is 0 Å². The van der Waals surface area contributed by atoms with E-state index in [1.54, 1.807) is 18.2 Å². The van der Waals surface area contributed by atoms with Crippen molar-refractivity contribution in [3.63, 3.8) is 0 Å². The maximum atomic E-state index is 11.0. The predicted molar refractivity (Wildman–Crippen MR) is 86.7 cm³/mol. The molecule has 0 amide bonds. The standard InChI is InChI=1S/C14H16ClN3O2S/c1-10(11-4-2-5-12(15)8-11)17-13-6-3-7-14(9-13)18-21(16,19)20/h2-10,17-18H,1H3,(H2,16,19,20). The zero-order valence-corrected chi connectivity index (χ0v) is 12.9. The number of nitrogens with one attached hydrogen (secondary N) is 2. The molecule has 7 heteroatoms. The summed E-state index contributed by atoms with van der Waals surface area (Å²) >= 11 is 5.97. The topological polar surface area (TPSA) is 84.2 Å². The van der Waals surface area contributed by atoms with Crippen LogP contribution in [0.1, 0.15) is 18.5 Å². The average Bonchev–Trinajstić information content (AvgIpc) is 2.37. The minimum atomic E-state index is -3.78. The molecule has 0 aliphatic rings. The fourth-order valence-corrected chi connectivity index (χ4v) is 2.60. The van der Waals surface area contributed by atoms with E-state index in [0.717, 1.165) is 11.3 Å². The minimum absolute atomic E-state index is 0.0217. The number of hydrogen-bond donors (Lipinski definition) is 3. The van der Waals surface area contributed by atoms with Crippen molar-refractivity contribution in [3.05, 3.63) is 59.1 Å². The molecule has 1 unspecified atom stereocenters. The summed E-state index contributed by atoms with van der Waals surface area (Å²) in [4.78, 5) is 0. The zero-order valence-electron chi connectivity index (χ0n) is 11.4. The lowest BCUT2D eigenvalue weighted by Crippen LogP contribution is -2.21. The molecule has 0 aliphatic carbocycles. The zero-order chi connectivity index (χ0) is 15.5. The van der Waals surface area contributed by atoms with Gasteiger partial charge in [-0.15, -0.1) is 0 Å². The van der Waals surface area contributed by atoms with E-state index < -0.39 is 10.2 Å². The predicted octanol–water partition coefficient (Wildman–Crippen LogP) is 3.13. The SMILES string of the molecule is CC(Nc1cccc(NS(N)(=O)=O)c1)c1cccc(Cl)c1. The first-order valence-corrected chi connectivity index (χ1v) is 8.18. The van der Waals surface area contributed by atoms with Crippen LogP contribution in [0.4, 0.5) is 11.4 Å². The summed E-state index contributed by atoms with van der Waals surface area (Å²) in [7, 11) is -3.78. The fraction of sp³-hybridized carbons (Fsp3) is 0.143. The maximum absolute atomic E-state index is 11.0. The Labute approximate surface area is 129 Å². The highest BCUT2D eigenvalue weighted by molar-refractivity contribution is 7.90. The van der Waals surface area contributed by atoms with Crippen LogP contribution in [-0.2, 0) is 10.2 Å². The van der Waals surface area contributed by atoms with Gasteiger partial charge in [0.1, 0.15) is 0 Å². The molecule has 0 heterocycles. The van der Waals surface area contributed by atoms with Crippen LogP contribution in [0.2, 0.25) is 5.02 Å². The monoisotopic (exact) mass is 325 g/mol. The maximum Gasteiger partial charge on any atom is 0.296 e. The molecule has 0 aromatic heterocycles. The van der Waals surface area contributed by atoms with Crippen molar-refractivity contribution in [2.45, 2.75) is 13.0 Å². The van der Waals surface area contributed by atoms with Crippen LogP contribution in [0.15, 0.2) is 48.5 Å². The average molecular weight is 326 g/mol. The second-order valence-electron chi connectivity index (χ2n) is 4.65. The largest absolute Gasteiger partial charge is 0.378 e. The molecule has 0 radical (unpaired) electrons. The molecular formula is C14H16ClN3O2S. The number of halogens is 1. The summed E-state index contributed by atoms with van der Waals surface area (Å²) < 4.78 is 24.3. The van der Waals surface area contributed by atoms with Gasteiger partial charge in [0.05, 0.1) is 5.69 Å². The lowest BCUT2D eigenvalue weighted by atomic mass is 10.1. The highest BCUT2D eigenvalue weighted by Crippen LogP contribution is 2.23. The molecule has 0 spiro atoms. The molecular weight excluding hydrogens is 310 g/mol. The first-order chi connectivity index (χ1) is 9.83. The molecule has 2 aromatic rings. The van der Waals surface area contributed by atoms with Crippen LogP contribution < -0.4 is 15.2 Å². The van der Waals surface area contributed by atoms with Crippen LogP contribution >= 0.6 is 11.6 Å². The summed E-state index contributed by atoms with van der Waals surface area (Å²) in [6.45, 7) is 1.99. The minimum Gasteiger partial charge on any atom is -0.378 e. The second kappa shape index (κ2) is 6.34. The van der Waals surface area contributed by atoms with Crippen molar-refractivity contribution in [2.75, 3.05) is 10.0 Å². The molecule has 0 aliphatic heterocycles. The third kappa shape index (κ3) is 4.93. The molecule has 0 saturated carbocycles. The highest BCUT2D eigenvalue weighted by atomic mass is 35.5. The number of hydrogen-bond acceptors (Lipinski definition) is 3. The summed E-state index contributed by atoms with van der Waals surface area (Å²) in [5, 5.41) is 8.90. The summed E-state index contributed by atoms with van der Waals surface area (Å²) in [6.07, 6.45) is 0. The van der Waals surface area contributed by atoms with Gasteiger partial charge >= 0.3 is 0 Å². The summed E-state index contributed by atoms with van der Waals surface area (Å²) in [5.74, 6) is 0. The Hall–Kier alpha value is -1.76. The molecule has 0 bridgehead atoms. The number of anilines is 2. The molecule has 4 N–H and O–H groups in total. The molecule has 5 nitrogen and oxygen atoms in total. The van der Waals surface area contributed by atoms with Crippen molar-refractivity contribution in [1.82, 2.24) is 0 Å². The molecule has 21 heavy (non-hydrogen) atoms. The number of nitrogens with two attached hydrogens (primary N) is 1.